The van der Waals surface area contributed by atoms with Gasteiger partial charge in [0.05, 0.1) is 6.54 Å². The van der Waals surface area contributed by atoms with E-state index in [-0.39, 0.29) is 13.2 Å². The van der Waals surface area contributed by atoms with E-state index < -0.39 is 9.76 Å². The molecule has 0 unspecified atom stereocenters. The lowest BCUT2D eigenvalue weighted by Gasteiger charge is -2.09. The van der Waals surface area contributed by atoms with Crippen molar-refractivity contribution in [3.8, 4) is 0 Å². The molecule has 0 aliphatic rings. The van der Waals surface area contributed by atoms with Crippen molar-refractivity contribution < 1.29 is 9.53 Å². The number of alkyl halides is 3. The van der Waals surface area contributed by atoms with Crippen LogP contribution in [0, 0.1) is 0 Å². The van der Waals surface area contributed by atoms with Gasteiger partial charge in [-0.15, -0.1) is 0 Å². The van der Waals surface area contributed by atoms with Crippen LogP contribution in [0.1, 0.15) is 0 Å². The summed E-state index contributed by atoms with van der Waals surface area (Å²) in [5.41, 5.74) is 4.90. The number of ether oxygens (including phenoxy) is 1. The first kappa shape index (κ1) is 10.3. The van der Waals surface area contributed by atoms with E-state index in [1.807, 2.05) is 0 Å². The summed E-state index contributed by atoms with van der Waals surface area (Å²) in [6, 6.07) is 0. The quantitative estimate of drug-likeness (QED) is 0.538. The number of esters is 1. The van der Waals surface area contributed by atoms with E-state index in [0.717, 1.165) is 0 Å². The first-order chi connectivity index (χ1) is 4.45. The summed E-state index contributed by atoms with van der Waals surface area (Å²) in [7, 11) is 0. The number of hydrogen-bond donors (Lipinski definition) is 1. The lowest BCUT2D eigenvalue weighted by Crippen LogP contribution is -2.22. The van der Waals surface area contributed by atoms with Gasteiger partial charge in [0.2, 0.25) is 3.79 Å². The maximum absolute atomic E-state index is 10.3. The summed E-state index contributed by atoms with van der Waals surface area (Å²) in [5.74, 6) is -0.591. The highest BCUT2D eigenvalue weighted by Crippen LogP contribution is 2.25. The average molecular weight is 206 g/mol. The van der Waals surface area contributed by atoms with Gasteiger partial charge in [-0.3, -0.25) is 4.79 Å². The van der Waals surface area contributed by atoms with Crippen molar-refractivity contribution in [1.29, 1.82) is 0 Å². The second-order valence-electron chi connectivity index (χ2n) is 1.48. The molecular formula is C4H6Cl3NO2. The van der Waals surface area contributed by atoms with Crippen LogP contribution in [0.5, 0.6) is 0 Å². The Hall–Kier alpha value is 0.300. The van der Waals surface area contributed by atoms with Crippen LogP contribution in [-0.2, 0) is 9.53 Å². The number of carbonyl (C=O) groups is 1. The average Bonchev–Trinajstić information content (AvgIpc) is 1.81. The van der Waals surface area contributed by atoms with Crippen molar-refractivity contribution in [2.75, 3.05) is 13.2 Å². The Bertz CT molecular complexity index is 122. The topological polar surface area (TPSA) is 52.3 Å². The van der Waals surface area contributed by atoms with E-state index in [4.69, 9.17) is 40.5 Å². The van der Waals surface area contributed by atoms with Gasteiger partial charge in [-0.1, -0.05) is 34.8 Å². The zero-order valence-corrected chi connectivity index (χ0v) is 7.21. The van der Waals surface area contributed by atoms with Crippen LogP contribution in [0.2, 0.25) is 0 Å². The van der Waals surface area contributed by atoms with Crippen LogP contribution >= 0.6 is 34.8 Å². The van der Waals surface area contributed by atoms with Gasteiger partial charge >= 0.3 is 5.97 Å². The highest BCUT2D eigenvalue weighted by molar-refractivity contribution is 6.67. The number of halogens is 3. The Balaban J connectivity index is 3.46. The molecule has 0 aromatic rings. The smallest absolute Gasteiger partial charge is 0.319 e. The molecule has 2 N–H and O–H groups in total. The van der Waals surface area contributed by atoms with Gasteiger partial charge in [0.1, 0.15) is 6.61 Å². The molecule has 0 saturated heterocycles. The largest absolute Gasteiger partial charge is 0.460 e. The van der Waals surface area contributed by atoms with Gasteiger partial charge in [0.25, 0.3) is 0 Å². The maximum Gasteiger partial charge on any atom is 0.319 e. The Labute approximate surface area is 73.4 Å². The third kappa shape index (κ3) is 6.42. The summed E-state index contributed by atoms with van der Waals surface area (Å²) < 4.78 is 2.85. The highest BCUT2D eigenvalue weighted by Gasteiger charge is 2.21. The first-order valence-electron chi connectivity index (χ1n) is 2.38. The van der Waals surface area contributed by atoms with Gasteiger partial charge < -0.3 is 10.5 Å². The fourth-order valence-electron chi connectivity index (χ4n) is 0.221. The fraction of sp³-hybridized carbons (Fsp3) is 0.750. The molecule has 0 amide bonds. The van der Waals surface area contributed by atoms with E-state index in [1.165, 1.54) is 0 Å². The summed E-state index contributed by atoms with van der Waals surface area (Å²) >= 11 is 15.7. The van der Waals surface area contributed by atoms with Gasteiger partial charge in [0, 0.05) is 0 Å². The molecule has 3 nitrogen and oxygen atoms in total. The number of nitrogens with two attached hydrogens (primary N) is 1. The minimum absolute atomic E-state index is 0.208. The van der Waals surface area contributed by atoms with Gasteiger partial charge in [-0.05, 0) is 0 Å². The van der Waals surface area contributed by atoms with Crippen molar-refractivity contribution >= 4 is 40.8 Å². The number of rotatable bonds is 2. The van der Waals surface area contributed by atoms with E-state index >= 15 is 0 Å². The summed E-state index contributed by atoms with van der Waals surface area (Å²) in [5, 5.41) is 0. The molecule has 0 radical (unpaired) electrons. The molecule has 0 aromatic heterocycles. The molecule has 0 bridgehead atoms. The lowest BCUT2D eigenvalue weighted by atomic mass is 10.7. The fourth-order valence-corrected chi connectivity index (χ4v) is 0.385. The molecule has 6 heteroatoms. The van der Waals surface area contributed by atoms with E-state index in [2.05, 4.69) is 4.74 Å². The SMILES string of the molecule is NCC(=O)OCC(Cl)(Cl)Cl. The Morgan fingerprint density at radius 2 is 2.00 bits per heavy atom. The second-order valence-corrected chi connectivity index (χ2v) is 4.00. The van der Waals surface area contributed by atoms with Crippen LogP contribution in [0.15, 0.2) is 0 Å². The van der Waals surface area contributed by atoms with Gasteiger partial charge in [-0.25, -0.2) is 0 Å². The molecule has 0 rings (SSSR count). The predicted molar refractivity (Wildman–Crippen MR) is 40.3 cm³/mol. The zero-order valence-electron chi connectivity index (χ0n) is 4.94. The minimum Gasteiger partial charge on any atom is -0.460 e. The molecule has 60 valence electrons. The van der Waals surface area contributed by atoms with Crippen molar-refractivity contribution in [3.05, 3.63) is 0 Å². The summed E-state index contributed by atoms with van der Waals surface area (Å²) in [4.78, 5) is 10.3. The minimum atomic E-state index is -1.55. The van der Waals surface area contributed by atoms with Crippen LogP contribution in [0.4, 0.5) is 0 Å². The molecule has 0 saturated carbocycles. The maximum atomic E-state index is 10.3. The van der Waals surface area contributed by atoms with Crippen molar-refractivity contribution in [2.24, 2.45) is 5.73 Å². The summed E-state index contributed by atoms with van der Waals surface area (Å²) in [6.07, 6.45) is 0. The predicted octanol–water partition coefficient (Wildman–Crippen LogP) is 0.859. The van der Waals surface area contributed by atoms with Crippen molar-refractivity contribution in [2.45, 2.75) is 3.79 Å². The molecule has 0 atom stereocenters. The van der Waals surface area contributed by atoms with Crippen LogP contribution in [0.25, 0.3) is 0 Å². The molecule has 0 heterocycles. The normalized spacial score (nSPS) is 11.2. The first-order valence-corrected chi connectivity index (χ1v) is 3.51. The Morgan fingerprint density at radius 3 is 2.30 bits per heavy atom. The molecule has 0 aliphatic carbocycles. The monoisotopic (exact) mass is 205 g/mol. The van der Waals surface area contributed by atoms with Crippen LogP contribution in [-0.4, -0.2) is 22.9 Å². The zero-order chi connectivity index (χ0) is 8.20. The van der Waals surface area contributed by atoms with E-state index in [1.54, 1.807) is 0 Å². The third-order valence-corrected chi connectivity index (χ3v) is 0.891. The Morgan fingerprint density at radius 1 is 1.50 bits per heavy atom. The molecule has 0 fully saturated rings. The summed E-state index contributed by atoms with van der Waals surface area (Å²) in [6.45, 7) is -0.478. The Kier molecular flexibility index (Phi) is 4.36. The van der Waals surface area contributed by atoms with Crippen molar-refractivity contribution in [1.82, 2.24) is 0 Å². The number of carbonyl (C=O) groups excluding carboxylic acids is 1. The van der Waals surface area contributed by atoms with E-state index in [9.17, 15) is 4.79 Å². The van der Waals surface area contributed by atoms with E-state index in [0.29, 0.717) is 0 Å². The molecule has 10 heavy (non-hydrogen) atoms. The van der Waals surface area contributed by atoms with Gasteiger partial charge in [0.15, 0.2) is 0 Å². The second kappa shape index (κ2) is 4.23. The standard InChI is InChI=1S/C4H6Cl3NO2/c5-4(6,7)2-10-3(9)1-8/h1-2,8H2. The van der Waals surface area contributed by atoms with Crippen molar-refractivity contribution in [3.63, 3.8) is 0 Å². The lowest BCUT2D eigenvalue weighted by molar-refractivity contribution is -0.141. The molecular weight excluding hydrogens is 200 g/mol. The molecule has 0 aromatic carbocycles. The highest BCUT2D eigenvalue weighted by atomic mass is 35.6. The van der Waals surface area contributed by atoms with Crippen LogP contribution < -0.4 is 5.73 Å². The van der Waals surface area contributed by atoms with Crippen LogP contribution in [0.3, 0.4) is 0 Å². The molecule has 0 spiro atoms. The third-order valence-electron chi connectivity index (χ3n) is 0.563. The van der Waals surface area contributed by atoms with Gasteiger partial charge in [-0.2, -0.15) is 0 Å². The molecule has 0 aliphatic heterocycles. The number of hydrogen-bond acceptors (Lipinski definition) is 3.